The number of anilines is 2. The summed E-state index contributed by atoms with van der Waals surface area (Å²) in [5, 5.41) is 3.14. The highest BCUT2D eigenvalue weighted by Crippen LogP contribution is 2.27. The van der Waals surface area contributed by atoms with E-state index < -0.39 is 10.0 Å². The number of nitrogens with one attached hydrogen (secondary N) is 1. The molecule has 6 nitrogen and oxygen atoms in total. The number of benzene rings is 2. The fourth-order valence-corrected chi connectivity index (χ4v) is 4.20. The monoisotopic (exact) mass is 415 g/mol. The van der Waals surface area contributed by atoms with Gasteiger partial charge >= 0.3 is 0 Å². The van der Waals surface area contributed by atoms with Crippen LogP contribution in [0.2, 0.25) is 5.02 Å². The average Bonchev–Trinajstić information content (AvgIpc) is 2.68. The topological polar surface area (TPSA) is 79.4 Å². The Bertz CT molecular complexity index is 1050. The number of nitrogens with zero attached hydrogens (tertiary/aromatic N) is 2. The number of halogens is 1. The lowest BCUT2D eigenvalue weighted by atomic mass is 10.2. The lowest BCUT2D eigenvalue weighted by molar-refractivity contribution is -0.114. The van der Waals surface area contributed by atoms with Gasteiger partial charge in [0.15, 0.2) is 0 Å². The second-order valence-electron chi connectivity index (χ2n) is 6.05. The molecule has 0 fully saturated rings. The zero-order chi connectivity index (χ0) is 20.1. The molecule has 1 N–H and O–H groups in total. The third kappa shape index (κ3) is 4.68. The van der Waals surface area contributed by atoms with Gasteiger partial charge < -0.3 is 5.32 Å². The Morgan fingerprint density at radius 2 is 1.75 bits per heavy atom. The molecular weight excluding hydrogens is 398 g/mol. The molecule has 144 valence electrons. The smallest absolute Gasteiger partial charge is 0.264 e. The van der Waals surface area contributed by atoms with Crippen molar-refractivity contribution >= 4 is 38.9 Å². The first-order chi connectivity index (χ1) is 13.4. The molecule has 0 radical (unpaired) electrons. The molecule has 2 aromatic carbocycles. The molecule has 3 aromatic rings. The van der Waals surface area contributed by atoms with Gasteiger partial charge in [-0.2, -0.15) is 0 Å². The highest BCUT2D eigenvalue weighted by atomic mass is 35.5. The van der Waals surface area contributed by atoms with Crippen LogP contribution in [0.25, 0.3) is 0 Å². The van der Waals surface area contributed by atoms with E-state index in [0.29, 0.717) is 16.4 Å². The number of rotatable bonds is 6. The second-order valence-corrected chi connectivity index (χ2v) is 8.35. The summed E-state index contributed by atoms with van der Waals surface area (Å²) >= 11 is 5.95. The Morgan fingerprint density at radius 3 is 2.32 bits per heavy atom. The van der Waals surface area contributed by atoms with E-state index in [9.17, 15) is 13.2 Å². The van der Waals surface area contributed by atoms with Crippen LogP contribution < -0.4 is 9.62 Å². The first-order valence-electron chi connectivity index (χ1n) is 8.41. The van der Waals surface area contributed by atoms with Crippen molar-refractivity contribution in [3.05, 3.63) is 83.6 Å². The minimum absolute atomic E-state index is 0.112. The number of carbonyl (C=O) groups excluding carboxylic acids is 1. The van der Waals surface area contributed by atoms with Crippen molar-refractivity contribution in [2.45, 2.75) is 18.4 Å². The molecule has 0 atom stereocenters. The van der Waals surface area contributed by atoms with Crippen LogP contribution in [0.3, 0.4) is 0 Å². The Hall–Kier alpha value is -2.90. The van der Waals surface area contributed by atoms with Gasteiger partial charge in [0.1, 0.15) is 0 Å². The van der Waals surface area contributed by atoms with Crippen molar-refractivity contribution in [1.29, 1.82) is 0 Å². The van der Waals surface area contributed by atoms with E-state index >= 15 is 0 Å². The molecule has 0 saturated heterocycles. The van der Waals surface area contributed by atoms with Gasteiger partial charge in [0, 0.05) is 30.0 Å². The van der Waals surface area contributed by atoms with E-state index in [1.165, 1.54) is 23.4 Å². The lowest BCUT2D eigenvalue weighted by Gasteiger charge is -2.25. The maximum absolute atomic E-state index is 13.3. The van der Waals surface area contributed by atoms with Gasteiger partial charge in [-0.15, -0.1) is 0 Å². The molecular formula is C20H18ClN3O3S. The first kappa shape index (κ1) is 19.9. The molecule has 8 heteroatoms. The van der Waals surface area contributed by atoms with Gasteiger partial charge in [0.05, 0.1) is 17.1 Å². The molecule has 0 aliphatic carbocycles. The molecule has 28 heavy (non-hydrogen) atoms. The summed E-state index contributed by atoms with van der Waals surface area (Å²) in [7, 11) is -3.86. The molecule has 0 spiro atoms. The first-order valence-corrected chi connectivity index (χ1v) is 10.2. The van der Waals surface area contributed by atoms with E-state index in [1.807, 2.05) is 6.07 Å². The maximum atomic E-state index is 13.3. The fraction of sp³-hybridized carbons (Fsp3) is 0.100. The van der Waals surface area contributed by atoms with Crippen LogP contribution in [0, 0.1) is 0 Å². The van der Waals surface area contributed by atoms with Crippen molar-refractivity contribution in [2.24, 2.45) is 0 Å². The summed E-state index contributed by atoms with van der Waals surface area (Å²) in [5.41, 5.74) is 1.76. The molecule has 0 saturated carbocycles. The van der Waals surface area contributed by atoms with Crippen LogP contribution in [0.15, 0.2) is 78.0 Å². The third-order valence-electron chi connectivity index (χ3n) is 3.93. The standard InChI is InChI=1S/C20H18ClN3O3S/c1-15(25)23-18-6-10-20(11-7-18)28(26,27)24(14-16-3-2-12-22-13-16)19-8-4-17(21)5-9-19/h2-13H,14H2,1H3,(H,23,25). The summed E-state index contributed by atoms with van der Waals surface area (Å²) < 4.78 is 28.0. The summed E-state index contributed by atoms with van der Waals surface area (Å²) in [5.74, 6) is -0.227. The quantitative estimate of drug-likeness (QED) is 0.657. The number of pyridine rings is 1. The van der Waals surface area contributed by atoms with E-state index in [-0.39, 0.29) is 17.3 Å². The minimum Gasteiger partial charge on any atom is -0.326 e. The SMILES string of the molecule is CC(=O)Nc1ccc(S(=O)(=O)N(Cc2cccnc2)c2ccc(Cl)cc2)cc1. The van der Waals surface area contributed by atoms with Crippen LogP contribution in [0.1, 0.15) is 12.5 Å². The van der Waals surface area contributed by atoms with Gasteiger partial charge in [0.2, 0.25) is 5.91 Å². The molecule has 0 unspecified atom stereocenters. The van der Waals surface area contributed by atoms with E-state index in [1.54, 1.807) is 54.9 Å². The molecule has 1 amide bonds. The van der Waals surface area contributed by atoms with Crippen molar-refractivity contribution < 1.29 is 13.2 Å². The van der Waals surface area contributed by atoms with E-state index in [0.717, 1.165) is 5.56 Å². The van der Waals surface area contributed by atoms with Gasteiger partial charge in [-0.05, 0) is 60.2 Å². The summed E-state index contributed by atoms with van der Waals surface area (Å²) in [6.07, 6.45) is 3.25. The van der Waals surface area contributed by atoms with E-state index in [2.05, 4.69) is 10.3 Å². The van der Waals surface area contributed by atoms with Crippen molar-refractivity contribution in [3.8, 4) is 0 Å². The van der Waals surface area contributed by atoms with Gasteiger partial charge in [-0.25, -0.2) is 8.42 Å². The predicted molar refractivity (Wildman–Crippen MR) is 110 cm³/mol. The summed E-state index contributed by atoms with van der Waals surface area (Å²) in [6, 6.07) is 16.2. The number of amides is 1. The number of hydrogen-bond donors (Lipinski definition) is 1. The van der Waals surface area contributed by atoms with Crippen LogP contribution in [0.4, 0.5) is 11.4 Å². The Kier molecular flexibility index (Phi) is 5.96. The number of sulfonamides is 1. The normalized spacial score (nSPS) is 11.1. The highest BCUT2D eigenvalue weighted by Gasteiger charge is 2.25. The highest BCUT2D eigenvalue weighted by molar-refractivity contribution is 7.92. The summed E-state index contributed by atoms with van der Waals surface area (Å²) in [6.45, 7) is 1.51. The zero-order valence-electron chi connectivity index (χ0n) is 15.0. The Labute approximate surface area is 168 Å². The number of carbonyl (C=O) groups is 1. The number of hydrogen-bond acceptors (Lipinski definition) is 4. The van der Waals surface area contributed by atoms with Gasteiger partial charge in [-0.3, -0.25) is 14.1 Å². The second kappa shape index (κ2) is 8.41. The lowest BCUT2D eigenvalue weighted by Crippen LogP contribution is -2.30. The van der Waals surface area contributed by atoms with Crippen LogP contribution in [-0.4, -0.2) is 19.3 Å². The molecule has 0 aliphatic rings. The van der Waals surface area contributed by atoms with E-state index in [4.69, 9.17) is 11.6 Å². The van der Waals surface area contributed by atoms with Gasteiger partial charge in [0.25, 0.3) is 10.0 Å². The van der Waals surface area contributed by atoms with Crippen molar-refractivity contribution in [2.75, 3.05) is 9.62 Å². The average molecular weight is 416 g/mol. The number of aromatic nitrogens is 1. The fourth-order valence-electron chi connectivity index (χ4n) is 2.62. The molecule has 0 bridgehead atoms. The van der Waals surface area contributed by atoms with Crippen molar-refractivity contribution in [3.63, 3.8) is 0 Å². The molecule has 3 rings (SSSR count). The minimum atomic E-state index is -3.86. The predicted octanol–water partition coefficient (Wildman–Crippen LogP) is 4.09. The maximum Gasteiger partial charge on any atom is 0.264 e. The Morgan fingerprint density at radius 1 is 1.07 bits per heavy atom. The Balaban J connectivity index is 2.00. The van der Waals surface area contributed by atoms with Crippen LogP contribution in [-0.2, 0) is 21.4 Å². The molecule has 0 aliphatic heterocycles. The zero-order valence-corrected chi connectivity index (χ0v) is 16.6. The van der Waals surface area contributed by atoms with Crippen LogP contribution in [0.5, 0.6) is 0 Å². The van der Waals surface area contributed by atoms with Crippen LogP contribution >= 0.6 is 11.6 Å². The molecule has 1 heterocycles. The van der Waals surface area contributed by atoms with Crippen molar-refractivity contribution in [1.82, 2.24) is 4.98 Å². The largest absolute Gasteiger partial charge is 0.326 e. The molecule has 1 aromatic heterocycles. The summed E-state index contributed by atoms with van der Waals surface area (Å²) in [4.78, 5) is 15.3. The van der Waals surface area contributed by atoms with Gasteiger partial charge in [-0.1, -0.05) is 17.7 Å². The third-order valence-corrected chi connectivity index (χ3v) is 5.97.